The van der Waals surface area contributed by atoms with E-state index in [-0.39, 0.29) is 16.5 Å². The fourth-order valence-electron chi connectivity index (χ4n) is 1.46. The Balaban J connectivity index is 2.21. The summed E-state index contributed by atoms with van der Waals surface area (Å²) in [5.74, 6) is -1.29. The van der Waals surface area contributed by atoms with Crippen molar-refractivity contribution in [1.29, 1.82) is 0 Å². The highest BCUT2D eigenvalue weighted by atomic mass is 35.5. The van der Waals surface area contributed by atoms with Gasteiger partial charge in [-0.2, -0.15) is 8.78 Å². The fourth-order valence-corrected chi connectivity index (χ4v) is 1.64. The number of hydrogen-bond donors (Lipinski definition) is 0. The molecule has 0 atom stereocenters. The minimum atomic E-state index is -2.93. The largest absolute Gasteiger partial charge is 0.435 e. The lowest BCUT2D eigenvalue weighted by atomic mass is 10.3. The van der Waals surface area contributed by atoms with Gasteiger partial charge in [0.15, 0.2) is 0 Å². The zero-order valence-corrected chi connectivity index (χ0v) is 9.53. The molecule has 1 aliphatic heterocycles. The number of amides is 2. The molecule has 0 aliphatic carbocycles. The quantitative estimate of drug-likeness (QED) is 0.794. The summed E-state index contributed by atoms with van der Waals surface area (Å²) in [4.78, 5) is 23.8. The highest BCUT2D eigenvalue weighted by Crippen LogP contribution is 2.26. The molecular formula is C11H6ClF2NO3. The summed E-state index contributed by atoms with van der Waals surface area (Å²) in [6, 6.07) is 5.09. The van der Waals surface area contributed by atoms with E-state index in [2.05, 4.69) is 4.74 Å². The van der Waals surface area contributed by atoms with Crippen LogP contribution in [0.25, 0.3) is 0 Å². The van der Waals surface area contributed by atoms with Gasteiger partial charge in [0.1, 0.15) is 10.8 Å². The second-order valence-corrected chi connectivity index (χ2v) is 3.75. The van der Waals surface area contributed by atoms with Gasteiger partial charge in [-0.3, -0.25) is 9.59 Å². The predicted octanol–water partition coefficient (Wildman–Crippen LogP) is 2.28. The Morgan fingerprint density at radius 3 is 2.22 bits per heavy atom. The van der Waals surface area contributed by atoms with E-state index in [4.69, 9.17) is 11.6 Å². The Bertz CT molecular complexity index is 528. The van der Waals surface area contributed by atoms with Crippen molar-refractivity contribution in [1.82, 2.24) is 0 Å². The molecule has 0 bridgehead atoms. The van der Waals surface area contributed by atoms with Gasteiger partial charge < -0.3 is 4.74 Å². The van der Waals surface area contributed by atoms with E-state index >= 15 is 0 Å². The number of hydrogen-bond acceptors (Lipinski definition) is 3. The van der Waals surface area contributed by atoms with E-state index in [1.54, 1.807) is 0 Å². The summed E-state index contributed by atoms with van der Waals surface area (Å²) < 4.78 is 28.0. The smallest absolute Gasteiger partial charge is 0.387 e. The number of benzene rings is 1. The predicted molar refractivity (Wildman–Crippen MR) is 59.5 cm³/mol. The van der Waals surface area contributed by atoms with Gasteiger partial charge in [0, 0.05) is 6.08 Å². The average molecular weight is 274 g/mol. The zero-order valence-electron chi connectivity index (χ0n) is 8.77. The first-order chi connectivity index (χ1) is 8.49. The lowest BCUT2D eigenvalue weighted by molar-refractivity contribution is -0.120. The maximum absolute atomic E-state index is 11.9. The van der Waals surface area contributed by atoms with Crippen LogP contribution in [0.1, 0.15) is 0 Å². The van der Waals surface area contributed by atoms with Gasteiger partial charge in [0.05, 0.1) is 5.69 Å². The van der Waals surface area contributed by atoms with Crippen LogP contribution >= 0.6 is 11.6 Å². The minimum Gasteiger partial charge on any atom is -0.435 e. The van der Waals surface area contributed by atoms with Crippen LogP contribution in [0, 0.1) is 0 Å². The standard InChI is InChI=1S/C11H6ClF2NO3/c12-8-5-9(16)15(10(8)17)6-1-3-7(4-2-6)18-11(13)14/h1-5,11H. The summed E-state index contributed by atoms with van der Waals surface area (Å²) in [5, 5.41) is -0.187. The van der Waals surface area contributed by atoms with E-state index in [1.807, 2.05) is 0 Å². The molecule has 0 radical (unpaired) electrons. The molecule has 1 aromatic rings. The number of nitrogens with zero attached hydrogens (tertiary/aromatic N) is 1. The molecule has 2 amide bonds. The highest BCUT2D eigenvalue weighted by molar-refractivity contribution is 6.51. The molecule has 7 heteroatoms. The maximum Gasteiger partial charge on any atom is 0.387 e. The van der Waals surface area contributed by atoms with Crippen LogP contribution in [0.2, 0.25) is 0 Å². The van der Waals surface area contributed by atoms with Crippen LogP contribution in [0.5, 0.6) is 5.75 Å². The third-order valence-corrected chi connectivity index (χ3v) is 2.47. The Hall–Kier alpha value is -1.95. The lowest BCUT2D eigenvalue weighted by Gasteiger charge is -2.14. The van der Waals surface area contributed by atoms with Crippen LogP contribution in [0.3, 0.4) is 0 Å². The van der Waals surface area contributed by atoms with Gasteiger partial charge in [0.25, 0.3) is 11.8 Å². The first-order valence-corrected chi connectivity index (χ1v) is 5.17. The summed E-state index contributed by atoms with van der Waals surface area (Å²) in [5.41, 5.74) is 0.235. The molecule has 0 spiro atoms. The van der Waals surface area contributed by atoms with Crippen molar-refractivity contribution < 1.29 is 23.1 Å². The highest BCUT2D eigenvalue weighted by Gasteiger charge is 2.31. The van der Waals surface area contributed by atoms with Crippen molar-refractivity contribution in [2.45, 2.75) is 6.61 Å². The van der Waals surface area contributed by atoms with Crippen LogP contribution in [-0.4, -0.2) is 18.4 Å². The van der Waals surface area contributed by atoms with Crippen LogP contribution in [-0.2, 0) is 9.59 Å². The number of ether oxygens (including phenoxy) is 1. The molecule has 4 nitrogen and oxygen atoms in total. The molecule has 0 N–H and O–H groups in total. The third-order valence-electron chi connectivity index (χ3n) is 2.20. The molecule has 94 valence electrons. The number of rotatable bonds is 3. The van der Waals surface area contributed by atoms with Gasteiger partial charge in [-0.25, -0.2) is 4.90 Å². The molecule has 0 saturated carbocycles. The summed E-state index contributed by atoms with van der Waals surface area (Å²) >= 11 is 5.53. The Labute approximate surface area is 105 Å². The van der Waals surface area contributed by atoms with Crippen LogP contribution < -0.4 is 9.64 Å². The maximum atomic E-state index is 11.9. The van der Waals surface area contributed by atoms with Crippen molar-refractivity contribution in [2.75, 3.05) is 4.90 Å². The third kappa shape index (κ3) is 2.33. The number of halogens is 3. The zero-order chi connectivity index (χ0) is 13.3. The second-order valence-electron chi connectivity index (χ2n) is 3.34. The number of alkyl halides is 2. The number of imide groups is 1. The molecule has 2 rings (SSSR count). The normalized spacial score (nSPS) is 15.3. The summed E-state index contributed by atoms with van der Waals surface area (Å²) in [7, 11) is 0. The van der Waals surface area contributed by atoms with Gasteiger partial charge in [-0.15, -0.1) is 0 Å². The van der Waals surface area contributed by atoms with E-state index in [0.717, 1.165) is 11.0 Å². The van der Waals surface area contributed by atoms with E-state index in [9.17, 15) is 18.4 Å². The van der Waals surface area contributed by atoms with Crippen molar-refractivity contribution in [3.05, 3.63) is 35.4 Å². The molecular weight excluding hydrogens is 268 g/mol. The monoisotopic (exact) mass is 273 g/mol. The van der Waals surface area contributed by atoms with Crippen molar-refractivity contribution in [3.63, 3.8) is 0 Å². The van der Waals surface area contributed by atoms with E-state index in [0.29, 0.717) is 0 Å². The minimum absolute atomic E-state index is 0.0631. The molecule has 0 aromatic heterocycles. The molecule has 1 heterocycles. The summed E-state index contributed by atoms with van der Waals surface area (Å²) in [6.07, 6.45) is 0.994. The average Bonchev–Trinajstić information content (AvgIpc) is 2.54. The Morgan fingerprint density at radius 1 is 1.17 bits per heavy atom. The molecule has 1 aliphatic rings. The SMILES string of the molecule is O=C1C=C(Cl)C(=O)N1c1ccc(OC(F)F)cc1. The van der Waals surface area contributed by atoms with E-state index < -0.39 is 18.4 Å². The van der Waals surface area contributed by atoms with Crippen LogP contribution in [0.15, 0.2) is 35.4 Å². The molecule has 0 unspecified atom stereocenters. The van der Waals surface area contributed by atoms with E-state index in [1.165, 1.54) is 24.3 Å². The molecule has 1 aromatic carbocycles. The summed E-state index contributed by atoms with van der Waals surface area (Å²) in [6.45, 7) is -2.93. The Morgan fingerprint density at radius 2 is 1.78 bits per heavy atom. The van der Waals surface area contributed by atoms with Crippen molar-refractivity contribution in [3.8, 4) is 5.75 Å². The van der Waals surface area contributed by atoms with Gasteiger partial charge in [0.2, 0.25) is 0 Å². The first kappa shape index (κ1) is 12.5. The van der Waals surface area contributed by atoms with Gasteiger partial charge >= 0.3 is 6.61 Å². The number of carbonyl (C=O) groups is 2. The lowest BCUT2D eigenvalue weighted by Crippen LogP contribution is -2.30. The molecule has 0 saturated heterocycles. The Kier molecular flexibility index (Phi) is 3.29. The fraction of sp³-hybridized carbons (Fsp3) is 0.0909. The number of anilines is 1. The first-order valence-electron chi connectivity index (χ1n) is 4.79. The van der Waals surface area contributed by atoms with Crippen LogP contribution in [0.4, 0.5) is 14.5 Å². The van der Waals surface area contributed by atoms with Gasteiger partial charge in [-0.05, 0) is 24.3 Å². The molecule has 18 heavy (non-hydrogen) atoms. The van der Waals surface area contributed by atoms with Crippen molar-refractivity contribution >= 4 is 29.1 Å². The number of carbonyl (C=O) groups excluding carboxylic acids is 2. The second kappa shape index (κ2) is 4.73. The van der Waals surface area contributed by atoms with Crippen molar-refractivity contribution in [2.24, 2.45) is 0 Å². The molecule has 0 fully saturated rings. The topological polar surface area (TPSA) is 46.6 Å². The van der Waals surface area contributed by atoms with Gasteiger partial charge in [-0.1, -0.05) is 11.6 Å².